The number of aryl methyl sites for hydroxylation is 1. The number of aromatic nitrogens is 4. The van der Waals surface area contributed by atoms with Crippen LogP contribution in [0.25, 0.3) is 44.1 Å². The molecule has 0 spiro atoms. The number of methoxy groups -OCH3 is 2. The maximum Gasteiger partial charge on any atom is 0.416 e. The number of ether oxygens (including phenoxy) is 2. The predicted molar refractivity (Wildman–Crippen MR) is 437 cm³/mol. The van der Waals surface area contributed by atoms with Crippen molar-refractivity contribution in [3.8, 4) is 22.5 Å². The van der Waals surface area contributed by atoms with Gasteiger partial charge < -0.3 is 67.5 Å². The maximum atomic E-state index is 13.6. The third-order valence-corrected chi connectivity index (χ3v) is 15.6. The minimum Gasteiger partial charge on any atom is -0.465 e. The second kappa shape index (κ2) is 46.6. The summed E-state index contributed by atoms with van der Waals surface area (Å²) >= 11 is 11.4. The number of carbonyl (C=O) groups excluding carboxylic acids is 2. The lowest BCUT2D eigenvalue weighted by molar-refractivity contribution is -0.138. The van der Waals surface area contributed by atoms with Crippen molar-refractivity contribution >= 4 is 140 Å². The molecule has 0 amide bonds. The Morgan fingerprint density at radius 2 is 0.726 bits per heavy atom. The lowest BCUT2D eigenvalue weighted by Gasteiger charge is -2.16. The van der Waals surface area contributed by atoms with Gasteiger partial charge in [-0.2, -0.15) is 52.7 Å². The van der Waals surface area contributed by atoms with Crippen LogP contribution in [0.2, 0.25) is 5.15 Å². The summed E-state index contributed by atoms with van der Waals surface area (Å²) in [6, 6.07) is 43.0. The van der Waals surface area contributed by atoms with Gasteiger partial charge in [0.05, 0.1) is 47.6 Å². The lowest BCUT2D eigenvalue weighted by atomic mass is 10.0. The van der Waals surface area contributed by atoms with Crippen molar-refractivity contribution in [2.24, 2.45) is 0 Å². The minimum atomic E-state index is -4.51. The number of hydrogen-bond donors (Lipinski definition) is 7. The normalized spacial score (nSPS) is 11.1. The zero-order valence-corrected chi connectivity index (χ0v) is 67.2. The van der Waals surface area contributed by atoms with E-state index in [-0.39, 0.29) is 65.9 Å². The molecule has 0 radical (unpaired) electrons. The largest absolute Gasteiger partial charge is 0.465 e. The molecule has 616 valence electrons. The molecule has 0 unspecified atom stereocenters. The number of nitrogens with two attached hydrogens (primary N) is 3. The fraction of sp³-hybridized carbons (Fsp3) is 0.299. The number of nitrogen functional groups attached to an aromatic ring is 3. The lowest BCUT2D eigenvalue weighted by Crippen LogP contribution is -2.21. The van der Waals surface area contributed by atoms with Gasteiger partial charge >= 0.3 is 36.6 Å². The SMILES string of the molecule is CN(C)CCCl.CN(C)CCNc1cc(N)cc(C(F)(F)F)c1.CN(C)CCNc1cc(N)cc(C(F)(F)F)c1.COC(=O)c1ccc(-c2nnc(Cl)c3ccccc23)cc1.COC(=O)c1ccc(-c2nnc(Nc3cc(NCCN(C)C)cc(C(F)(F)F)c3)c3ccccc23)cc1.Cc1cc(N)cc(C(F)(F)F)c1.Cl.Cl.Cl. The molecule has 2 heterocycles. The molecule has 8 aromatic carbocycles. The number of nitrogens with zero attached hydrogens (tertiary/aromatic N) is 8. The first kappa shape index (κ1) is 99.5. The van der Waals surface area contributed by atoms with E-state index in [9.17, 15) is 62.3 Å². The van der Waals surface area contributed by atoms with E-state index in [1.807, 2.05) is 137 Å². The van der Waals surface area contributed by atoms with Crippen molar-refractivity contribution in [1.29, 1.82) is 0 Å². The van der Waals surface area contributed by atoms with Crippen molar-refractivity contribution in [2.45, 2.75) is 31.6 Å². The van der Waals surface area contributed by atoms with E-state index in [1.165, 1.54) is 32.4 Å². The van der Waals surface area contributed by atoms with Crippen LogP contribution >= 0.6 is 60.4 Å². The predicted octanol–water partition coefficient (Wildman–Crippen LogP) is 18.7. The first-order valence-electron chi connectivity index (χ1n) is 33.4. The Bertz CT molecular complexity index is 4510. The molecule has 10 N–H and O–H groups in total. The summed E-state index contributed by atoms with van der Waals surface area (Å²) in [6.45, 7) is 6.29. The van der Waals surface area contributed by atoms with Crippen LogP contribution in [0, 0.1) is 6.92 Å². The van der Waals surface area contributed by atoms with Gasteiger partial charge in [-0.15, -0.1) is 69.2 Å². The number of rotatable bonds is 20. The molecular formula is C77H90Cl5F12N15O4. The second-order valence-corrected chi connectivity index (χ2v) is 26.1. The van der Waals surface area contributed by atoms with E-state index >= 15 is 0 Å². The molecule has 0 aliphatic heterocycles. The highest BCUT2D eigenvalue weighted by Gasteiger charge is 2.34. The van der Waals surface area contributed by atoms with Crippen molar-refractivity contribution in [2.75, 3.05) is 161 Å². The van der Waals surface area contributed by atoms with Gasteiger partial charge in [0.1, 0.15) is 11.4 Å². The van der Waals surface area contributed by atoms with Crippen LogP contribution in [0.1, 0.15) is 48.5 Å². The van der Waals surface area contributed by atoms with Crippen LogP contribution in [0.15, 0.2) is 170 Å². The van der Waals surface area contributed by atoms with E-state index in [2.05, 4.69) is 46.4 Å². The van der Waals surface area contributed by atoms with Gasteiger partial charge in [0.25, 0.3) is 0 Å². The number of alkyl halides is 13. The zero-order valence-electron chi connectivity index (χ0n) is 63.3. The average Bonchev–Trinajstić information content (AvgIpc) is 0.780. The van der Waals surface area contributed by atoms with Crippen LogP contribution in [0.4, 0.5) is 98.3 Å². The summed E-state index contributed by atoms with van der Waals surface area (Å²) in [6.07, 6.45) is -17.6. The van der Waals surface area contributed by atoms with Gasteiger partial charge in [-0.1, -0.05) is 84.4 Å². The summed E-state index contributed by atoms with van der Waals surface area (Å²) < 4.78 is 162. The fourth-order valence-electron chi connectivity index (χ4n) is 9.81. The standard InChI is InChI=1S/C27H26F3N5O2.C16H11ClN2O2.2C11H16F3N3.C8H8F3N.C4H10ClN.3ClH/c1-35(2)13-12-31-20-14-19(27(28,29)30)15-21(16-20)32-25-23-7-5-4-6-22(23)24(33-34-25)17-8-10-18(11-9-17)26(36)37-3;1-21-16(20)11-8-6-10(7-9-11)14-12-4-2-3-5-13(12)15(17)19-18-14;2*1-17(2)4-3-16-10-6-8(11(12,13)14)5-9(15)7-10;1-5-2-6(8(9,10)11)4-7(12)3-5;1-6(2)4-3-5;;;/h4-11,14-16,31H,12-13H2,1-3H3,(H,32,34);2-9H,1H3;2*5-7,16H,3-4,15H2,1-2H3;2-4H,12H2,1H3;3-4H2,1-2H3;3*1H. The molecule has 0 aliphatic carbocycles. The number of halogens is 17. The average molecular weight is 1690 g/mol. The maximum absolute atomic E-state index is 13.6. The molecule has 113 heavy (non-hydrogen) atoms. The molecule has 0 aliphatic rings. The van der Waals surface area contributed by atoms with Gasteiger partial charge in [0.15, 0.2) is 11.0 Å². The van der Waals surface area contributed by atoms with Crippen molar-refractivity contribution in [1.82, 2.24) is 40.0 Å². The highest BCUT2D eigenvalue weighted by molar-refractivity contribution is 6.34. The first-order chi connectivity index (χ1) is 51.6. The van der Waals surface area contributed by atoms with E-state index in [0.717, 1.165) is 107 Å². The number of esters is 2. The van der Waals surface area contributed by atoms with Gasteiger partial charge in [0.2, 0.25) is 0 Å². The van der Waals surface area contributed by atoms with Crippen LogP contribution in [0.3, 0.4) is 0 Å². The summed E-state index contributed by atoms with van der Waals surface area (Å²) in [5.41, 5.74) is 19.2. The first-order valence-corrected chi connectivity index (χ1v) is 34.3. The monoisotopic (exact) mass is 1690 g/mol. The van der Waals surface area contributed by atoms with Gasteiger partial charge in [-0.25, -0.2) is 9.59 Å². The second-order valence-electron chi connectivity index (χ2n) is 25.4. The smallest absolute Gasteiger partial charge is 0.416 e. The van der Waals surface area contributed by atoms with E-state index < -0.39 is 52.9 Å². The number of hydrogen-bond acceptors (Lipinski definition) is 19. The quantitative estimate of drug-likeness (QED) is 0.0162. The topological polar surface area (TPSA) is 243 Å². The number of likely N-dealkylation sites (N-methyl/N-ethyl adjacent to an activating group) is 3. The van der Waals surface area contributed by atoms with E-state index in [4.69, 9.17) is 45.1 Å². The van der Waals surface area contributed by atoms with Crippen molar-refractivity contribution < 1.29 is 71.7 Å². The minimum absolute atomic E-state index is 0. The van der Waals surface area contributed by atoms with Crippen LogP contribution in [0.5, 0.6) is 0 Å². The molecule has 10 aromatic rings. The number of carbonyl (C=O) groups is 2. The Morgan fingerprint density at radius 1 is 0.407 bits per heavy atom. The summed E-state index contributed by atoms with van der Waals surface area (Å²) in [5, 5.41) is 32.3. The van der Waals surface area contributed by atoms with Crippen LogP contribution < -0.4 is 38.5 Å². The molecule has 19 nitrogen and oxygen atoms in total. The molecule has 2 aromatic heterocycles. The molecule has 0 saturated carbocycles. The van der Waals surface area contributed by atoms with Crippen molar-refractivity contribution in [3.63, 3.8) is 0 Å². The summed E-state index contributed by atoms with van der Waals surface area (Å²) in [7, 11) is 18.0. The van der Waals surface area contributed by atoms with Gasteiger partial charge in [-0.05, 0) is 166 Å². The Kier molecular flexibility index (Phi) is 41.0. The third-order valence-electron chi connectivity index (χ3n) is 15.2. The Balaban J connectivity index is 0.000000492. The van der Waals surface area contributed by atoms with Gasteiger partial charge in [-0.3, -0.25) is 0 Å². The fourth-order valence-corrected chi connectivity index (χ4v) is 10.4. The molecule has 10 rings (SSSR count). The highest BCUT2D eigenvalue weighted by atomic mass is 35.5. The van der Waals surface area contributed by atoms with Gasteiger partial charge in [0, 0.05) is 124 Å². The number of benzene rings is 8. The molecule has 0 atom stereocenters. The number of anilines is 8. The van der Waals surface area contributed by atoms with Crippen molar-refractivity contribution in [3.05, 3.63) is 214 Å². The molecule has 0 bridgehead atoms. The molecule has 0 fully saturated rings. The van der Waals surface area contributed by atoms with E-state index in [0.29, 0.717) is 82.0 Å². The Labute approximate surface area is 676 Å². The van der Waals surface area contributed by atoms with Crippen LogP contribution in [-0.2, 0) is 34.2 Å². The number of fused-ring (bicyclic) bond motifs is 2. The highest BCUT2D eigenvalue weighted by Crippen LogP contribution is 2.39. The zero-order chi connectivity index (χ0) is 81.8. The molecule has 36 heteroatoms. The third kappa shape index (κ3) is 33.6. The number of nitrogens with one attached hydrogen (secondary N) is 4. The Hall–Kier alpha value is -9.57. The summed E-state index contributed by atoms with van der Waals surface area (Å²) in [5.74, 6) is 0.240. The molecule has 0 saturated heterocycles. The van der Waals surface area contributed by atoms with Crippen LogP contribution in [-0.4, -0.2) is 174 Å². The molecular weight excluding hydrogens is 1600 g/mol. The Morgan fingerprint density at radius 3 is 1.07 bits per heavy atom. The summed E-state index contributed by atoms with van der Waals surface area (Å²) in [4.78, 5) is 31.1. The van der Waals surface area contributed by atoms with E-state index in [1.54, 1.807) is 49.4 Å².